The van der Waals surface area contributed by atoms with Crippen LogP contribution in [0.3, 0.4) is 0 Å². The Bertz CT molecular complexity index is 562. The first-order valence-corrected chi connectivity index (χ1v) is 4.99. The molecular weight excluding hydrogens is 265 g/mol. The minimum atomic E-state index is -1.07. The third-order valence-corrected chi connectivity index (χ3v) is 3.23. The van der Waals surface area contributed by atoms with Crippen LogP contribution in [-0.4, -0.2) is 15.6 Å². The molecule has 0 saturated carbocycles. The summed E-state index contributed by atoms with van der Waals surface area (Å²) in [6.45, 7) is 0. The zero-order chi connectivity index (χ0) is 11.2. The fraction of sp³-hybridized carbons (Fsp3) is 0.100. The number of para-hydroxylation sites is 1. The highest BCUT2D eigenvalue weighted by molar-refractivity contribution is 9.10. The molecule has 1 heterocycles. The third kappa shape index (κ3) is 1.34. The van der Waals surface area contributed by atoms with E-state index < -0.39 is 11.8 Å². The van der Waals surface area contributed by atoms with Crippen molar-refractivity contribution in [2.24, 2.45) is 7.05 Å². The molecule has 1 aromatic carbocycles. The van der Waals surface area contributed by atoms with E-state index in [-0.39, 0.29) is 5.56 Å². The zero-order valence-electron chi connectivity index (χ0n) is 7.79. The van der Waals surface area contributed by atoms with Crippen LogP contribution in [0.2, 0.25) is 0 Å². The van der Waals surface area contributed by atoms with Crippen molar-refractivity contribution in [3.05, 3.63) is 34.2 Å². The molecule has 3 nitrogen and oxygen atoms in total. The van der Waals surface area contributed by atoms with E-state index in [0.29, 0.717) is 15.5 Å². The number of halogens is 2. The van der Waals surface area contributed by atoms with E-state index in [4.69, 9.17) is 5.11 Å². The number of aromatic nitrogens is 1. The number of nitrogens with zero attached hydrogens (tertiary/aromatic N) is 1. The van der Waals surface area contributed by atoms with E-state index >= 15 is 0 Å². The number of hydrogen-bond acceptors (Lipinski definition) is 1. The lowest BCUT2D eigenvalue weighted by Crippen LogP contribution is -1.96. The number of hydrogen-bond donors (Lipinski definition) is 1. The second-order valence-corrected chi connectivity index (χ2v) is 3.92. The van der Waals surface area contributed by atoms with Crippen LogP contribution in [0.1, 0.15) is 10.4 Å². The summed E-state index contributed by atoms with van der Waals surface area (Å²) < 4.78 is 15.3. The van der Waals surface area contributed by atoms with Crippen molar-refractivity contribution in [1.82, 2.24) is 4.57 Å². The number of aryl methyl sites for hydroxylation is 1. The van der Waals surface area contributed by atoms with Crippen LogP contribution < -0.4 is 0 Å². The van der Waals surface area contributed by atoms with E-state index in [1.807, 2.05) is 0 Å². The molecule has 0 amide bonds. The minimum Gasteiger partial charge on any atom is -0.478 e. The predicted octanol–water partition coefficient (Wildman–Crippen LogP) is 2.78. The highest BCUT2D eigenvalue weighted by Crippen LogP contribution is 2.30. The number of fused-ring (bicyclic) bond motifs is 1. The second kappa shape index (κ2) is 3.34. The van der Waals surface area contributed by atoms with Gasteiger partial charge in [-0.15, -0.1) is 0 Å². The molecule has 78 valence electrons. The maximum atomic E-state index is 13.5. The van der Waals surface area contributed by atoms with Crippen LogP contribution in [-0.2, 0) is 7.05 Å². The van der Waals surface area contributed by atoms with E-state index in [1.54, 1.807) is 13.1 Å². The molecule has 0 bridgehead atoms. The van der Waals surface area contributed by atoms with Crippen LogP contribution >= 0.6 is 15.9 Å². The maximum Gasteiger partial charge on any atom is 0.339 e. The quantitative estimate of drug-likeness (QED) is 0.867. The monoisotopic (exact) mass is 271 g/mol. The Labute approximate surface area is 93.3 Å². The average molecular weight is 272 g/mol. The largest absolute Gasteiger partial charge is 0.478 e. The van der Waals surface area contributed by atoms with E-state index in [2.05, 4.69) is 15.9 Å². The van der Waals surface area contributed by atoms with E-state index in [0.717, 1.165) is 0 Å². The highest BCUT2D eigenvalue weighted by atomic mass is 79.9. The van der Waals surface area contributed by atoms with Gasteiger partial charge in [-0.3, -0.25) is 0 Å². The maximum absolute atomic E-state index is 13.5. The summed E-state index contributed by atoms with van der Waals surface area (Å²) in [5, 5.41) is 9.40. The van der Waals surface area contributed by atoms with Crippen molar-refractivity contribution in [3.8, 4) is 0 Å². The first kappa shape index (κ1) is 10.2. The molecule has 2 aromatic rings. The van der Waals surface area contributed by atoms with Gasteiger partial charge in [0.1, 0.15) is 10.4 Å². The summed E-state index contributed by atoms with van der Waals surface area (Å²) >= 11 is 3.14. The predicted molar refractivity (Wildman–Crippen MR) is 57.5 cm³/mol. The molecule has 0 saturated heterocycles. The van der Waals surface area contributed by atoms with Crippen LogP contribution in [0.4, 0.5) is 4.39 Å². The topological polar surface area (TPSA) is 42.2 Å². The summed E-state index contributed by atoms with van der Waals surface area (Å²) in [5.74, 6) is -1.50. The van der Waals surface area contributed by atoms with Gasteiger partial charge in [0.2, 0.25) is 0 Å². The van der Waals surface area contributed by atoms with Gasteiger partial charge < -0.3 is 9.67 Å². The molecule has 0 spiro atoms. The van der Waals surface area contributed by atoms with Gasteiger partial charge in [0.15, 0.2) is 0 Å². The third-order valence-electron chi connectivity index (χ3n) is 2.31. The van der Waals surface area contributed by atoms with Crippen LogP contribution in [0.5, 0.6) is 0 Å². The lowest BCUT2D eigenvalue weighted by Gasteiger charge is -1.97. The molecule has 0 aliphatic carbocycles. The second-order valence-electron chi connectivity index (χ2n) is 3.17. The fourth-order valence-corrected chi connectivity index (χ4v) is 2.20. The van der Waals surface area contributed by atoms with Crippen molar-refractivity contribution >= 4 is 32.8 Å². The summed E-state index contributed by atoms with van der Waals surface area (Å²) in [7, 11) is 1.61. The molecule has 1 N–H and O–H groups in total. The van der Waals surface area contributed by atoms with Gasteiger partial charge in [-0.05, 0) is 22.0 Å². The number of rotatable bonds is 1. The molecule has 15 heavy (non-hydrogen) atoms. The standard InChI is InChI=1S/C10H7BrFNO2/c1-13-8-5(3-2-4-6(8)12)7(9(13)11)10(14)15/h2-4H,1H3,(H,14,15). The molecule has 0 aliphatic rings. The summed E-state index contributed by atoms with van der Waals surface area (Å²) in [4.78, 5) is 11.0. The Morgan fingerprint density at radius 1 is 1.53 bits per heavy atom. The lowest BCUT2D eigenvalue weighted by atomic mass is 10.2. The molecule has 1 aromatic heterocycles. The van der Waals surface area contributed by atoms with Crippen molar-refractivity contribution in [3.63, 3.8) is 0 Å². The molecule has 0 atom stereocenters. The Morgan fingerprint density at radius 2 is 2.20 bits per heavy atom. The Morgan fingerprint density at radius 3 is 2.80 bits per heavy atom. The molecule has 0 unspecified atom stereocenters. The Hall–Kier alpha value is -1.36. The molecule has 0 radical (unpaired) electrons. The van der Waals surface area contributed by atoms with Crippen molar-refractivity contribution < 1.29 is 14.3 Å². The van der Waals surface area contributed by atoms with Crippen LogP contribution in [0, 0.1) is 5.82 Å². The molecule has 0 fully saturated rings. The zero-order valence-corrected chi connectivity index (χ0v) is 9.38. The fourth-order valence-electron chi connectivity index (χ4n) is 1.64. The Balaban J connectivity index is 3.00. The van der Waals surface area contributed by atoms with E-state index in [1.165, 1.54) is 16.7 Å². The van der Waals surface area contributed by atoms with Gasteiger partial charge in [-0.25, -0.2) is 9.18 Å². The molecule has 5 heteroatoms. The molecular formula is C10H7BrFNO2. The van der Waals surface area contributed by atoms with Crippen molar-refractivity contribution in [1.29, 1.82) is 0 Å². The normalized spacial score (nSPS) is 10.9. The highest BCUT2D eigenvalue weighted by Gasteiger charge is 2.20. The number of carboxylic acids is 1. The minimum absolute atomic E-state index is 0.0898. The van der Waals surface area contributed by atoms with Gasteiger partial charge in [-0.1, -0.05) is 12.1 Å². The number of carbonyl (C=O) groups is 1. The smallest absolute Gasteiger partial charge is 0.339 e. The molecule has 2 rings (SSSR count). The number of benzene rings is 1. The van der Waals surface area contributed by atoms with Gasteiger partial charge in [0.05, 0.1) is 11.1 Å². The summed E-state index contributed by atoms with van der Waals surface area (Å²) in [6, 6.07) is 4.39. The van der Waals surface area contributed by atoms with Crippen LogP contribution in [0.25, 0.3) is 10.9 Å². The Kier molecular flexibility index (Phi) is 2.26. The number of aromatic carboxylic acids is 1. The number of carboxylic acid groups (broad SMARTS) is 1. The van der Waals surface area contributed by atoms with Crippen molar-refractivity contribution in [2.45, 2.75) is 0 Å². The van der Waals surface area contributed by atoms with Gasteiger partial charge in [-0.2, -0.15) is 0 Å². The van der Waals surface area contributed by atoms with Gasteiger partial charge in [0.25, 0.3) is 0 Å². The van der Waals surface area contributed by atoms with Crippen molar-refractivity contribution in [2.75, 3.05) is 0 Å². The summed E-state index contributed by atoms with van der Waals surface area (Å²) in [6.07, 6.45) is 0. The SMILES string of the molecule is Cn1c(Br)c(C(=O)O)c2cccc(F)c21. The van der Waals surface area contributed by atoms with Crippen LogP contribution in [0.15, 0.2) is 22.8 Å². The lowest BCUT2D eigenvalue weighted by molar-refractivity contribution is 0.0698. The molecule has 0 aliphatic heterocycles. The van der Waals surface area contributed by atoms with Gasteiger partial charge >= 0.3 is 5.97 Å². The van der Waals surface area contributed by atoms with E-state index in [9.17, 15) is 9.18 Å². The van der Waals surface area contributed by atoms with Gasteiger partial charge in [0, 0.05) is 12.4 Å². The average Bonchev–Trinajstić information content (AvgIpc) is 2.41. The first-order chi connectivity index (χ1) is 7.04. The summed E-state index contributed by atoms with van der Waals surface area (Å²) in [5.41, 5.74) is 0.383. The first-order valence-electron chi connectivity index (χ1n) is 4.19.